The molecule has 0 aliphatic heterocycles. The Labute approximate surface area is 133 Å². The van der Waals surface area contributed by atoms with E-state index in [1.54, 1.807) is 0 Å². The first kappa shape index (κ1) is 16.2. The van der Waals surface area contributed by atoms with Gasteiger partial charge in [0.2, 0.25) is 5.91 Å². The van der Waals surface area contributed by atoms with E-state index in [2.05, 4.69) is 10.3 Å². The summed E-state index contributed by atoms with van der Waals surface area (Å²) in [7, 11) is 0. The van der Waals surface area contributed by atoms with Crippen molar-refractivity contribution in [1.29, 1.82) is 0 Å². The third kappa shape index (κ3) is 3.51. The number of nitrogens with two attached hydrogens (primary N) is 1. The first-order chi connectivity index (χ1) is 10.4. The molecule has 3 N–H and O–H groups in total. The molecule has 0 aliphatic carbocycles. The van der Waals surface area contributed by atoms with Crippen LogP contribution in [-0.4, -0.2) is 22.8 Å². The number of carbonyl (C=O) groups excluding carboxylic acids is 2. The summed E-state index contributed by atoms with van der Waals surface area (Å²) in [4.78, 5) is 29.1. The van der Waals surface area contributed by atoms with Crippen LogP contribution >= 0.6 is 11.3 Å². The largest absolute Gasteiger partial charge is 0.368 e. The van der Waals surface area contributed by atoms with E-state index in [9.17, 15) is 9.59 Å². The van der Waals surface area contributed by atoms with Gasteiger partial charge in [-0.1, -0.05) is 44.2 Å². The number of amides is 2. The molecule has 0 saturated carbocycles. The maximum Gasteiger partial charge on any atom is 0.272 e. The zero-order valence-electron chi connectivity index (χ0n) is 12.8. The number of aromatic nitrogens is 1. The van der Waals surface area contributed by atoms with Crippen LogP contribution in [0.25, 0.3) is 10.4 Å². The van der Waals surface area contributed by atoms with Gasteiger partial charge in [0.1, 0.15) is 11.7 Å². The lowest BCUT2D eigenvalue weighted by atomic mass is 10.0. The summed E-state index contributed by atoms with van der Waals surface area (Å²) in [5, 5.41) is 3.48. The predicted octanol–water partition coefficient (Wildman–Crippen LogP) is 2.36. The number of hydrogen-bond acceptors (Lipinski definition) is 4. The van der Waals surface area contributed by atoms with Crippen LogP contribution in [0, 0.1) is 12.8 Å². The van der Waals surface area contributed by atoms with Crippen LogP contribution in [0.2, 0.25) is 0 Å². The minimum Gasteiger partial charge on any atom is -0.368 e. The van der Waals surface area contributed by atoms with Crippen LogP contribution < -0.4 is 11.1 Å². The molecule has 0 bridgehead atoms. The molecule has 2 rings (SSSR count). The molecule has 0 saturated heterocycles. The molecule has 2 aromatic rings. The molecular weight excluding hydrogens is 298 g/mol. The normalized spacial score (nSPS) is 12.2. The molecule has 1 unspecified atom stereocenters. The number of benzene rings is 1. The smallest absolute Gasteiger partial charge is 0.272 e. The van der Waals surface area contributed by atoms with E-state index in [0.29, 0.717) is 5.69 Å². The average Bonchev–Trinajstić information content (AvgIpc) is 2.87. The van der Waals surface area contributed by atoms with E-state index in [4.69, 9.17) is 5.73 Å². The van der Waals surface area contributed by atoms with E-state index in [0.717, 1.165) is 15.4 Å². The topological polar surface area (TPSA) is 85.1 Å². The second kappa shape index (κ2) is 6.70. The van der Waals surface area contributed by atoms with Gasteiger partial charge in [0.25, 0.3) is 5.91 Å². The summed E-state index contributed by atoms with van der Waals surface area (Å²) in [5.74, 6) is -1.00. The quantitative estimate of drug-likeness (QED) is 0.887. The number of nitrogens with one attached hydrogen (secondary N) is 1. The summed E-state index contributed by atoms with van der Waals surface area (Å²) < 4.78 is 0. The van der Waals surface area contributed by atoms with E-state index in [1.165, 1.54) is 11.3 Å². The maximum atomic E-state index is 12.5. The Bertz CT molecular complexity index is 680. The molecule has 1 aromatic heterocycles. The Morgan fingerprint density at radius 1 is 1.23 bits per heavy atom. The summed E-state index contributed by atoms with van der Waals surface area (Å²) >= 11 is 1.45. The Balaban J connectivity index is 2.33. The lowest BCUT2D eigenvalue weighted by Crippen LogP contribution is -2.47. The molecule has 2 amide bonds. The maximum absolute atomic E-state index is 12.5. The zero-order chi connectivity index (χ0) is 16.3. The molecule has 22 heavy (non-hydrogen) atoms. The van der Waals surface area contributed by atoms with Crippen LogP contribution in [-0.2, 0) is 4.79 Å². The van der Waals surface area contributed by atoms with Crippen molar-refractivity contribution < 1.29 is 9.59 Å². The van der Waals surface area contributed by atoms with E-state index >= 15 is 0 Å². The first-order valence-electron chi connectivity index (χ1n) is 7.03. The van der Waals surface area contributed by atoms with Crippen LogP contribution in [0.15, 0.2) is 30.3 Å². The van der Waals surface area contributed by atoms with Crippen molar-refractivity contribution >= 4 is 23.2 Å². The Morgan fingerprint density at radius 2 is 1.86 bits per heavy atom. The zero-order valence-corrected chi connectivity index (χ0v) is 13.6. The number of aryl methyl sites for hydroxylation is 1. The summed E-state index contributed by atoms with van der Waals surface area (Å²) in [6, 6.07) is 8.88. The number of primary amides is 1. The molecular formula is C16H19N3O2S. The van der Waals surface area contributed by atoms with Crippen molar-refractivity contribution in [3.8, 4) is 10.4 Å². The van der Waals surface area contributed by atoms with Gasteiger partial charge in [-0.05, 0) is 18.4 Å². The predicted molar refractivity (Wildman–Crippen MR) is 87.6 cm³/mol. The lowest BCUT2D eigenvalue weighted by Gasteiger charge is -2.18. The van der Waals surface area contributed by atoms with Gasteiger partial charge >= 0.3 is 0 Å². The molecule has 0 fully saturated rings. The lowest BCUT2D eigenvalue weighted by molar-refractivity contribution is -0.120. The van der Waals surface area contributed by atoms with Crippen molar-refractivity contribution in [1.82, 2.24) is 10.3 Å². The number of thiazole rings is 1. The fraction of sp³-hybridized carbons (Fsp3) is 0.312. The minimum atomic E-state index is -0.710. The van der Waals surface area contributed by atoms with Gasteiger partial charge in [-0.25, -0.2) is 4.98 Å². The van der Waals surface area contributed by atoms with Gasteiger partial charge < -0.3 is 11.1 Å². The third-order valence-electron chi connectivity index (χ3n) is 3.24. The Hall–Kier alpha value is -2.21. The van der Waals surface area contributed by atoms with Crippen molar-refractivity contribution in [2.45, 2.75) is 26.8 Å². The molecule has 5 nitrogen and oxygen atoms in total. The van der Waals surface area contributed by atoms with Gasteiger partial charge in [-0.2, -0.15) is 0 Å². The number of carbonyl (C=O) groups is 2. The molecule has 1 atom stereocenters. The summed E-state index contributed by atoms with van der Waals surface area (Å²) in [6.07, 6.45) is 0. The van der Waals surface area contributed by atoms with E-state index < -0.39 is 11.9 Å². The van der Waals surface area contributed by atoms with Gasteiger partial charge in [0, 0.05) is 0 Å². The molecule has 116 valence electrons. The summed E-state index contributed by atoms with van der Waals surface area (Å²) in [5.41, 5.74) is 6.61. The molecule has 0 spiro atoms. The van der Waals surface area contributed by atoms with Crippen LogP contribution in [0.4, 0.5) is 0 Å². The van der Waals surface area contributed by atoms with Gasteiger partial charge in [0.15, 0.2) is 0 Å². The van der Waals surface area contributed by atoms with Crippen LogP contribution in [0.5, 0.6) is 0 Å². The van der Waals surface area contributed by atoms with Crippen molar-refractivity contribution in [2.24, 2.45) is 11.7 Å². The number of rotatable bonds is 5. The van der Waals surface area contributed by atoms with Gasteiger partial charge in [-0.3, -0.25) is 9.59 Å². The average molecular weight is 317 g/mol. The molecule has 0 aliphatic rings. The van der Waals surface area contributed by atoms with E-state index in [-0.39, 0.29) is 11.8 Å². The van der Waals surface area contributed by atoms with Gasteiger partial charge in [-0.15, -0.1) is 11.3 Å². The monoisotopic (exact) mass is 317 g/mol. The summed E-state index contributed by atoms with van der Waals surface area (Å²) in [6.45, 7) is 5.52. The molecule has 6 heteroatoms. The highest BCUT2D eigenvalue weighted by atomic mass is 32.1. The SMILES string of the molecule is Cc1nc(C(=O)NC(C(N)=O)C(C)C)c(-c2ccccc2)s1. The first-order valence-corrected chi connectivity index (χ1v) is 7.84. The standard InChI is InChI=1S/C16H19N3O2S/c1-9(2)12(15(17)20)19-16(21)13-14(22-10(3)18-13)11-7-5-4-6-8-11/h4-9,12H,1-3H3,(H2,17,20)(H,19,21). The van der Waals surface area contributed by atoms with Crippen molar-refractivity contribution in [3.05, 3.63) is 41.0 Å². The van der Waals surface area contributed by atoms with Gasteiger partial charge in [0.05, 0.1) is 9.88 Å². The molecule has 1 heterocycles. The van der Waals surface area contributed by atoms with Crippen LogP contribution in [0.1, 0.15) is 29.3 Å². The van der Waals surface area contributed by atoms with Crippen molar-refractivity contribution in [2.75, 3.05) is 0 Å². The molecule has 1 aromatic carbocycles. The fourth-order valence-electron chi connectivity index (χ4n) is 2.14. The Kier molecular flexibility index (Phi) is 4.92. The second-order valence-corrected chi connectivity index (χ2v) is 6.58. The highest BCUT2D eigenvalue weighted by Gasteiger charge is 2.25. The minimum absolute atomic E-state index is 0.0821. The number of hydrogen-bond donors (Lipinski definition) is 2. The molecule has 0 radical (unpaired) electrons. The number of nitrogens with zero attached hydrogens (tertiary/aromatic N) is 1. The van der Waals surface area contributed by atoms with E-state index in [1.807, 2.05) is 51.1 Å². The second-order valence-electron chi connectivity index (χ2n) is 5.37. The van der Waals surface area contributed by atoms with Crippen molar-refractivity contribution in [3.63, 3.8) is 0 Å². The fourth-order valence-corrected chi connectivity index (χ4v) is 3.06. The third-order valence-corrected chi connectivity index (χ3v) is 4.26. The van der Waals surface area contributed by atoms with Crippen LogP contribution in [0.3, 0.4) is 0 Å². The highest BCUT2D eigenvalue weighted by Crippen LogP contribution is 2.30. The highest BCUT2D eigenvalue weighted by molar-refractivity contribution is 7.15. The Morgan fingerprint density at radius 3 is 2.41 bits per heavy atom.